The van der Waals surface area contributed by atoms with Gasteiger partial charge in [0, 0.05) is 18.3 Å². The van der Waals surface area contributed by atoms with Crippen LogP contribution in [-0.4, -0.2) is 42.9 Å². The number of aryl methyl sites for hydroxylation is 1. The summed E-state index contributed by atoms with van der Waals surface area (Å²) in [5.41, 5.74) is 2.31. The highest BCUT2D eigenvalue weighted by Gasteiger charge is 2.17. The zero-order valence-electron chi connectivity index (χ0n) is 12.5. The van der Waals surface area contributed by atoms with Crippen LogP contribution in [0.25, 0.3) is 17.1 Å². The van der Waals surface area contributed by atoms with Gasteiger partial charge in [-0.05, 0) is 13.0 Å². The second-order valence-corrected chi connectivity index (χ2v) is 4.73. The Morgan fingerprint density at radius 1 is 1.17 bits per heavy atom. The van der Waals surface area contributed by atoms with E-state index in [9.17, 15) is 9.90 Å². The van der Waals surface area contributed by atoms with Crippen LogP contribution in [0.1, 0.15) is 16.2 Å². The molecule has 0 aliphatic carbocycles. The van der Waals surface area contributed by atoms with Crippen molar-refractivity contribution in [2.45, 2.75) is 6.92 Å². The Hall–Kier alpha value is -3.29. The molecule has 0 radical (unpaired) electrons. The van der Waals surface area contributed by atoms with Gasteiger partial charge in [-0.1, -0.05) is 0 Å². The number of hydrogen-bond acceptors (Lipinski definition) is 6. The van der Waals surface area contributed by atoms with E-state index >= 15 is 0 Å². The molecule has 1 N–H and O–H groups in total. The van der Waals surface area contributed by atoms with E-state index in [0.717, 1.165) is 5.69 Å². The molecule has 0 saturated heterocycles. The molecule has 0 spiro atoms. The lowest BCUT2D eigenvalue weighted by Crippen LogP contribution is -2.03. The van der Waals surface area contributed by atoms with Crippen molar-refractivity contribution in [2.24, 2.45) is 0 Å². The molecule has 0 bridgehead atoms. The van der Waals surface area contributed by atoms with Gasteiger partial charge < -0.3 is 9.84 Å². The molecule has 23 heavy (non-hydrogen) atoms. The van der Waals surface area contributed by atoms with Gasteiger partial charge in [-0.25, -0.2) is 14.5 Å². The Kier molecular flexibility index (Phi) is 3.71. The number of aromatic carboxylic acids is 1. The van der Waals surface area contributed by atoms with Crippen LogP contribution in [0.4, 0.5) is 0 Å². The molecule has 0 amide bonds. The summed E-state index contributed by atoms with van der Waals surface area (Å²) in [4.78, 5) is 23.8. The first-order valence-corrected chi connectivity index (χ1v) is 6.71. The summed E-state index contributed by atoms with van der Waals surface area (Å²) in [6.07, 6.45) is 4.73. The molecular formula is C15H13N5O3. The van der Waals surface area contributed by atoms with Crippen LogP contribution >= 0.6 is 0 Å². The van der Waals surface area contributed by atoms with E-state index in [0.29, 0.717) is 23.0 Å². The minimum absolute atomic E-state index is 0.0850. The molecule has 0 fully saturated rings. The molecule has 0 aromatic carbocycles. The second kappa shape index (κ2) is 5.84. The van der Waals surface area contributed by atoms with E-state index in [-0.39, 0.29) is 5.69 Å². The number of carboxylic acid groups (broad SMARTS) is 1. The lowest BCUT2D eigenvalue weighted by molar-refractivity contribution is 0.0690. The summed E-state index contributed by atoms with van der Waals surface area (Å²) in [5, 5.41) is 13.3. The van der Waals surface area contributed by atoms with Gasteiger partial charge in [0.2, 0.25) is 5.88 Å². The number of carbonyl (C=O) groups is 1. The third kappa shape index (κ3) is 2.86. The molecule has 0 unspecified atom stereocenters. The van der Waals surface area contributed by atoms with Crippen molar-refractivity contribution in [3.05, 3.63) is 48.2 Å². The fourth-order valence-corrected chi connectivity index (χ4v) is 2.01. The Morgan fingerprint density at radius 2 is 2.00 bits per heavy atom. The second-order valence-electron chi connectivity index (χ2n) is 4.73. The Morgan fingerprint density at radius 3 is 2.57 bits per heavy atom. The monoisotopic (exact) mass is 311 g/mol. The standard InChI is InChI=1S/C15H13N5O3/c1-9-6-17-12(8-16-9)13-5-11(15(21)22)19-20(13)10-3-4-14(23-2)18-7-10/h3-8H,1-2H3,(H,21,22). The molecule has 116 valence electrons. The number of rotatable bonds is 4. The Balaban J connectivity index is 2.13. The highest BCUT2D eigenvalue weighted by Crippen LogP contribution is 2.22. The van der Waals surface area contributed by atoms with Gasteiger partial charge in [-0.15, -0.1) is 0 Å². The molecule has 8 heteroatoms. The smallest absolute Gasteiger partial charge is 0.356 e. The van der Waals surface area contributed by atoms with Crippen molar-refractivity contribution in [3.8, 4) is 23.0 Å². The summed E-state index contributed by atoms with van der Waals surface area (Å²) in [5.74, 6) is -0.664. The molecule has 3 rings (SSSR count). The third-order valence-electron chi connectivity index (χ3n) is 3.15. The molecule has 0 saturated carbocycles. The molecule has 3 aromatic rings. The highest BCUT2D eigenvalue weighted by molar-refractivity contribution is 5.87. The minimum atomic E-state index is -1.12. The zero-order valence-corrected chi connectivity index (χ0v) is 12.5. The Bertz CT molecular complexity index is 841. The number of hydrogen-bond donors (Lipinski definition) is 1. The summed E-state index contributed by atoms with van der Waals surface area (Å²) < 4.78 is 6.49. The molecule has 0 aliphatic heterocycles. The van der Waals surface area contributed by atoms with Crippen molar-refractivity contribution >= 4 is 5.97 Å². The van der Waals surface area contributed by atoms with Crippen molar-refractivity contribution in [1.82, 2.24) is 24.7 Å². The molecule has 8 nitrogen and oxygen atoms in total. The quantitative estimate of drug-likeness (QED) is 0.782. The largest absolute Gasteiger partial charge is 0.481 e. The van der Waals surface area contributed by atoms with E-state index in [1.54, 1.807) is 30.7 Å². The number of methoxy groups -OCH3 is 1. The molecule has 3 heterocycles. The van der Waals surface area contributed by atoms with Gasteiger partial charge >= 0.3 is 5.97 Å². The first kappa shape index (κ1) is 14.6. The number of pyridine rings is 1. The fourth-order valence-electron chi connectivity index (χ4n) is 2.01. The fraction of sp³-hybridized carbons (Fsp3) is 0.133. The van der Waals surface area contributed by atoms with Crippen molar-refractivity contribution < 1.29 is 14.6 Å². The normalized spacial score (nSPS) is 10.5. The van der Waals surface area contributed by atoms with Crippen LogP contribution in [0, 0.1) is 6.92 Å². The SMILES string of the molecule is COc1ccc(-n2nc(C(=O)O)cc2-c2cnc(C)cn2)cn1. The summed E-state index contributed by atoms with van der Waals surface area (Å²) >= 11 is 0. The highest BCUT2D eigenvalue weighted by atomic mass is 16.5. The van der Waals surface area contributed by atoms with Crippen LogP contribution in [-0.2, 0) is 0 Å². The maximum Gasteiger partial charge on any atom is 0.356 e. The van der Waals surface area contributed by atoms with Crippen LogP contribution in [0.2, 0.25) is 0 Å². The topological polar surface area (TPSA) is 103 Å². The van der Waals surface area contributed by atoms with Gasteiger partial charge in [0.1, 0.15) is 5.69 Å². The molecular weight excluding hydrogens is 298 g/mol. The summed E-state index contributed by atoms with van der Waals surface area (Å²) in [6, 6.07) is 4.85. The average molecular weight is 311 g/mol. The molecule has 0 aliphatic rings. The Labute approximate surface area is 131 Å². The van der Waals surface area contributed by atoms with Crippen LogP contribution in [0.5, 0.6) is 5.88 Å². The van der Waals surface area contributed by atoms with Crippen LogP contribution in [0.3, 0.4) is 0 Å². The first-order chi connectivity index (χ1) is 11.1. The average Bonchev–Trinajstić information content (AvgIpc) is 3.01. The van der Waals surface area contributed by atoms with Gasteiger partial charge in [-0.3, -0.25) is 9.97 Å². The minimum Gasteiger partial charge on any atom is -0.481 e. The van der Waals surface area contributed by atoms with E-state index in [4.69, 9.17) is 4.74 Å². The van der Waals surface area contributed by atoms with E-state index in [2.05, 4.69) is 20.1 Å². The maximum atomic E-state index is 11.2. The van der Waals surface area contributed by atoms with Gasteiger partial charge in [0.15, 0.2) is 5.69 Å². The lowest BCUT2D eigenvalue weighted by atomic mass is 10.2. The number of ether oxygens (including phenoxy) is 1. The number of nitrogens with zero attached hydrogens (tertiary/aromatic N) is 5. The molecule has 0 atom stereocenters. The predicted molar refractivity (Wildman–Crippen MR) is 80.6 cm³/mol. The first-order valence-electron chi connectivity index (χ1n) is 6.71. The summed E-state index contributed by atoms with van der Waals surface area (Å²) in [7, 11) is 1.52. The predicted octanol–water partition coefficient (Wildman–Crippen LogP) is 1.74. The number of aromatic nitrogens is 5. The van der Waals surface area contributed by atoms with Gasteiger partial charge in [0.05, 0.1) is 36.6 Å². The lowest BCUT2D eigenvalue weighted by Gasteiger charge is -2.07. The van der Waals surface area contributed by atoms with E-state index in [1.807, 2.05) is 6.92 Å². The van der Waals surface area contributed by atoms with Crippen molar-refractivity contribution in [2.75, 3.05) is 7.11 Å². The number of carboxylic acids is 1. The van der Waals surface area contributed by atoms with Gasteiger partial charge in [0.25, 0.3) is 0 Å². The van der Waals surface area contributed by atoms with E-state index in [1.165, 1.54) is 17.9 Å². The van der Waals surface area contributed by atoms with Crippen molar-refractivity contribution in [3.63, 3.8) is 0 Å². The zero-order chi connectivity index (χ0) is 16.4. The third-order valence-corrected chi connectivity index (χ3v) is 3.15. The van der Waals surface area contributed by atoms with E-state index < -0.39 is 5.97 Å². The summed E-state index contributed by atoms with van der Waals surface area (Å²) in [6.45, 7) is 1.82. The van der Waals surface area contributed by atoms with Crippen LogP contribution in [0.15, 0.2) is 36.8 Å². The molecule has 3 aromatic heterocycles. The van der Waals surface area contributed by atoms with Gasteiger partial charge in [-0.2, -0.15) is 5.10 Å². The maximum absolute atomic E-state index is 11.2. The van der Waals surface area contributed by atoms with Crippen molar-refractivity contribution in [1.29, 1.82) is 0 Å². The van der Waals surface area contributed by atoms with Crippen LogP contribution < -0.4 is 4.74 Å².